The molecule has 0 radical (unpaired) electrons. The number of furan rings is 1. The Morgan fingerprint density at radius 1 is 1.00 bits per heavy atom. The molecule has 2 heterocycles. The summed E-state index contributed by atoms with van der Waals surface area (Å²) >= 11 is 0. The molecule has 0 amide bonds. The molecule has 8 heteroatoms. The van der Waals surface area contributed by atoms with E-state index in [4.69, 9.17) is 4.42 Å². The Kier molecular flexibility index (Phi) is 4.70. The van der Waals surface area contributed by atoms with Crippen molar-refractivity contribution in [1.82, 2.24) is 14.2 Å². The molecule has 4 rings (SSSR count). The molecule has 4 aromatic rings. The number of rotatable bonds is 6. The topological polar surface area (TPSA) is 90.0 Å². The SMILES string of the molecule is Cc1ccc(CNc2nc(-c3ccco3)nn2S(=O)(=O)c2ccccc2)cc1. The van der Waals surface area contributed by atoms with Crippen molar-refractivity contribution in [2.45, 2.75) is 18.4 Å². The maximum absolute atomic E-state index is 13.1. The summed E-state index contributed by atoms with van der Waals surface area (Å²) in [5.41, 5.74) is 2.15. The van der Waals surface area contributed by atoms with Crippen LogP contribution >= 0.6 is 0 Å². The maximum Gasteiger partial charge on any atom is 0.286 e. The lowest BCUT2D eigenvalue weighted by atomic mass is 10.1. The quantitative estimate of drug-likeness (QED) is 0.536. The van der Waals surface area contributed by atoms with Crippen molar-refractivity contribution in [1.29, 1.82) is 0 Å². The first-order valence-electron chi connectivity index (χ1n) is 8.65. The molecule has 2 aromatic heterocycles. The van der Waals surface area contributed by atoms with Crippen molar-refractivity contribution in [2.24, 2.45) is 0 Å². The summed E-state index contributed by atoms with van der Waals surface area (Å²) in [5, 5.41) is 7.26. The van der Waals surface area contributed by atoms with Crippen LogP contribution in [-0.4, -0.2) is 22.6 Å². The van der Waals surface area contributed by atoms with E-state index in [1.165, 1.54) is 18.4 Å². The van der Waals surface area contributed by atoms with Crippen LogP contribution in [0.15, 0.2) is 82.3 Å². The third-order valence-corrected chi connectivity index (χ3v) is 5.74. The van der Waals surface area contributed by atoms with E-state index in [2.05, 4.69) is 15.4 Å². The van der Waals surface area contributed by atoms with Crippen molar-refractivity contribution in [3.05, 3.63) is 84.1 Å². The number of nitrogens with zero attached hydrogens (tertiary/aromatic N) is 3. The predicted octanol–water partition coefficient (Wildman–Crippen LogP) is 3.70. The number of benzene rings is 2. The fourth-order valence-corrected chi connectivity index (χ4v) is 3.88. The Morgan fingerprint density at radius 3 is 2.43 bits per heavy atom. The van der Waals surface area contributed by atoms with Crippen LogP contribution in [0.1, 0.15) is 11.1 Å². The van der Waals surface area contributed by atoms with Gasteiger partial charge >= 0.3 is 0 Å². The van der Waals surface area contributed by atoms with Gasteiger partial charge in [-0.25, -0.2) is 0 Å². The zero-order valence-electron chi connectivity index (χ0n) is 15.1. The van der Waals surface area contributed by atoms with Crippen LogP contribution in [-0.2, 0) is 16.6 Å². The van der Waals surface area contributed by atoms with Crippen LogP contribution in [0, 0.1) is 6.92 Å². The first-order chi connectivity index (χ1) is 13.5. The summed E-state index contributed by atoms with van der Waals surface area (Å²) in [4.78, 5) is 4.47. The molecule has 0 aliphatic heterocycles. The molecule has 142 valence electrons. The van der Waals surface area contributed by atoms with Gasteiger partial charge in [-0.15, -0.1) is 9.19 Å². The summed E-state index contributed by atoms with van der Waals surface area (Å²) in [6, 6.07) is 19.4. The van der Waals surface area contributed by atoms with Crippen LogP contribution < -0.4 is 5.32 Å². The van der Waals surface area contributed by atoms with Gasteiger partial charge in [-0.05, 0) is 36.8 Å². The van der Waals surface area contributed by atoms with E-state index in [0.717, 1.165) is 15.2 Å². The van der Waals surface area contributed by atoms with Gasteiger partial charge in [0.15, 0.2) is 5.76 Å². The molecule has 0 fully saturated rings. The van der Waals surface area contributed by atoms with Crippen molar-refractivity contribution in [3.8, 4) is 11.6 Å². The standard InChI is InChI=1S/C20H18N4O3S/c1-15-9-11-16(12-10-15)14-21-20-22-19(18-8-5-13-27-18)23-24(20)28(25,26)17-6-3-2-4-7-17/h2-13H,14H2,1H3,(H,21,22,23). The van der Waals surface area contributed by atoms with Gasteiger partial charge in [0, 0.05) is 6.54 Å². The van der Waals surface area contributed by atoms with E-state index in [9.17, 15) is 8.42 Å². The van der Waals surface area contributed by atoms with Crippen molar-refractivity contribution in [2.75, 3.05) is 5.32 Å². The molecule has 0 saturated carbocycles. The Hall–Kier alpha value is -3.39. The third-order valence-electron chi connectivity index (χ3n) is 4.16. The maximum atomic E-state index is 13.1. The lowest BCUT2D eigenvalue weighted by Crippen LogP contribution is -2.18. The Morgan fingerprint density at radius 2 is 1.75 bits per heavy atom. The van der Waals surface area contributed by atoms with Crippen LogP contribution in [0.5, 0.6) is 0 Å². The van der Waals surface area contributed by atoms with Gasteiger partial charge in [0.2, 0.25) is 11.8 Å². The zero-order valence-corrected chi connectivity index (χ0v) is 15.9. The Balaban J connectivity index is 1.72. The van der Waals surface area contributed by atoms with Gasteiger partial charge in [-0.3, -0.25) is 0 Å². The molecular weight excluding hydrogens is 376 g/mol. The minimum absolute atomic E-state index is 0.121. The smallest absolute Gasteiger partial charge is 0.286 e. The molecule has 0 atom stereocenters. The summed E-state index contributed by atoms with van der Waals surface area (Å²) in [6.07, 6.45) is 1.49. The van der Waals surface area contributed by atoms with E-state index in [0.29, 0.717) is 12.3 Å². The molecule has 0 bridgehead atoms. The molecule has 2 aromatic carbocycles. The number of hydrogen-bond acceptors (Lipinski definition) is 6. The second-order valence-corrected chi connectivity index (χ2v) is 8.00. The fourth-order valence-electron chi connectivity index (χ4n) is 2.66. The molecule has 0 unspecified atom stereocenters. The van der Waals surface area contributed by atoms with Crippen LogP contribution in [0.25, 0.3) is 11.6 Å². The Bertz CT molecular complexity index is 1170. The number of anilines is 1. The first-order valence-corrected chi connectivity index (χ1v) is 10.1. The lowest BCUT2D eigenvalue weighted by molar-refractivity contribution is 0.573. The number of nitrogens with one attached hydrogen (secondary N) is 1. The fraction of sp³-hybridized carbons (Fsp3) is 0.100. The summed E-state index contributed by atoms with van der Waals surface area (Å²) in [6.45, 7) is 2.41. The summed E-state index contributed by atoms with van der Waals surface area (Å²) < 4.78 is 32.4. The van der Waals surface area contributed by atoms with Gasteiger partial charge in [0.05, 0.1) is 11.2 Å². The van der Waals surface area contributed by atoms with Gasteiger partial charge < -0.3 is 9.73 Å². The van der Waals surface area contributed by atoms with Crippen LogP contribution in [0.3, 0.4) is 0 Å². The molecule has 28 heavy (non-hydrogen) atoms. The molecule has 7 nitrogen and oxygen atoms in total. The molecule has 0 spiro atoms. The van der Waals surface area contributed by atoms with Crippen LogP contribution in [0.2, 0.25) is 0 Å². The minimum Gasteiger partial charge on any atom is -0.461 e. The van der Waals surface area contributed by atoms with E-state index >= 15 is 0 Å². The van der Waals surface area contributed by atoms with Gasteiger partial charge in [-0.1, -0.05) is 48.0 Å². The van der Waals surface area contributed by atoms with E-state index in [1.54, 1.807) is 30.3 Å². The van der Waals surface area contributed by atoms with E-state index in [-0.39, 0.29) is 16.7 Å². The number of hydrogen-bond donors (Lipinski definition) is 1. The normalized spacial score (nSPS) is 11.5. The molecule has 1 N–H and O–H groups in total. The number of aromatic nitrogens is 3. The average Bonchev–Trinajstić information content (AvgIpc) is 3.38. The molecular formula is C20H18N4O3S. The van der Waals surface area contributed by atoms with Crippen molar-refractivity contribution >= 4 is 16.0 Å². The Labute approximate surface area is 162 Å². The van der Waals surface area contributed by atoms with E-state index in [1.807, 2.05) is 31.2 Å². The van der Waals surface area contributed by atoms with Gasteiger partial charge in [0.25, 0.3) is 10.0 Å². The first kappa shape index (κ1) is 18.0. The predicted molar refractivity (Wildman–Crippen MR) is 105 cm³/mol. The second-order valence-electron chi connectivity index (χ2n) is 6.24. The molecule has 0 aliphatic carbocycles. The minimum atomic E-state index is -3.91. The highest BCUT2D eigenvalue weighted by Gasteiger charge is 2.25. The highest BCUT2D eigenvalue weighted by molar-refractivity contribution is 7.90. The molecule has 0 saturated heterocycles. The highest BCUT2D eigenvalue weighted by Crippen LogP contribution is 2.23. The number of aryl methyl sites for hydroxylation is 1. The summed E-state index contributed by atoms with van der Waals surface area (Å²) in [7, 11) is -3.91. The lowest BCUT2D eigenvalue weighted by Gasteiger charge is -2.09. The van der Waals surface area contributed by atoms with Crippen LogP contribution in [0.4, 0.5) is 5.95 Å². The third kappa shape index (κ3) is 3.54. The monoisotopic (exact) mass is 394 g/mol. The summed E-state index contributed by atoms with van der Waals surface area (Å²) in [5.74, 6) is 0.701. The van der Waals surface area contributed by atoms with Gasteiger partial charge in [-0.2, -0.15) is 13.4 Å². The van der Waals surface area contributed by atoms with E-state index < -0.39 is 10.0 Å². The van der Waals surface area contributed by atoms with Gasteiger partial charge in [0.1, 0.15) is 0 Å². The zero-order chi connectivity index (χ0) is 19.6. The van der Waals surface area contributed by atoms with Crippen molar-refractivity contribution < 1.29 is 12.8 Å². The second kappa shape index (κ2) is 7.32. The average molecular weight is 394 g/mol. The van der Waals surface area contributed by atoms with Crippen molar-refractivity contribution in [3.63, 3.8) is 0 Å². The molecule has 0 aliphatic rings. The largest absolute Gasteiger partial charge is 0.461 e. The highest BCUT2D eigenvalue weighted by atomic mass is 32.2.